The van der Waals surface area contributed by atoms with E-state index in [0.717, 1.165) is 41.7 Å². The topological polar surface area (TPSA) is 45.0 Å². The lowest BCUT2D eigenvalue weighted by Crippen LogP contribution is -2.09. The van der Waals surface area contributed by atoms with Crippen molar-refractivity contribution in [2.45, 2.75) is 33.1 Å². The lowest BCUT2D eigenvalue weighted by Gasteiger charge is -2.15. The number of halogens is 1. The molecular weight excluding hydrogens is 304 g/mol. The van der Waals surface area contributed by atoms with Crippen LogP contribution in [0.3, 0.4) is 0 Å². The molecule has 0 amide bonds. The summed E-state index contributed by atoms with van der Waals surface area (Å²) in [5.74, 6) is 0.844. The Balaban J connectivity index is 2.36. The Morgan fingerprint density at radius 1 is 1.37 bits per heavy atom. The minimum absolute atomic E-state index is 0.212. The minimum atomic E-state index is -0.212. The van der Waals surface area contributed by atoms with E-state index < -0.39 is 0 Å². The van der Waals surface area contributed by atoms with Crippen molar-refractivity contribution in [3.8, 4) is 11.8 Å². The zero-order chi connectivity index (χ0) is 14.3. The summed E-state index contributed by atoms with van der Waals surface area (Å²) in [6, 6.07) is 8.20. The van der Waals surface area contributed by atoms with Crippen LogP contribution in [0.2, 0.25) is 0 Å². The number of nitrogens with zero attached hydrogens (tertiary/aromatic N) is 1. The molecule has 0 saturated carbocycles. The zero-order valence-corrected chi connectivity index (χ0v) is 13.4. The summed E-state index contributed by atoms with van der Waals surface area (Å²) in [5.41, 5.74) is 0.829. The molecule has 0 aliphatic carbocycles. The number of hydrogen-bond donors (Lipinski definition) is 1. The monoisotopic (exact) mass is 324 g/mol. The van der Waals surface area contributed by atoms with E-state index in [1.54, 1.807) is 7.11 Å². The number of methoxy groups -OCH3 is 1. The van der Waals surface area contributed by atoms with Gasteiger partial charge in [-0.3, -0.25) is 0 Å². The SMILES string of the molecule is COc1ccc(Br)c(NCCCCC(C)(C)C#N)c1. The van der Waals surface area contributed by atoms with Crippen LogP contribution in [0.1, 0.15) is 33.1 Å². The first-order valence-electron chi connectivity index (χ1n) is 6.47. The van der Waals surface area contributed by atoms with Crippen molar-refractivity contribution in [3.05, 3.63) is 22.7 Å². The van der Waals surface area contributed by atoms with Gasteiger partial charge in [-0.2, -0.15) is 5.26 Å². The van der Waals surface area contributed by atoms with Crippen LogP contribution in [-0.4, -0.2) is 13.7 Å². The summed E-state index contributed by atoms with van der Waals surface area (Å²) in [4.78, 5) is 0. The van der Waals surface area contributed by atoms with Gasteiger partial charge in [-0.1, -0.05) is 6.42 Å². The molecule has 0 saturated heterocycles. The van der Waals surface area contributed by atoms with Gasteiger partial charge < -0.3 is 10.1 Å². The highest BCUT2D eigenvalue weighted by Crippen LogP contribution is 2.27. The van der Waals surface area contributed by atoms with E-state index >= 15 is 0 Å². The third-order valence-corrected chi connectivity index (χ3v) is 3.71. The van der Waals surface area contributed by atoms with Gasteiger partial charge in [-0.05, 0) is 54.8 Å². The standard InChI is InChI=1S/C15H21BrN2O/c1-15(2,11-17)8-4-5-9-18-14-10-12(19-3)6-7-13(14)16/h6-7,10,18H,4-5,8-9H2,1-3H3. The van der Waals surface area contributed by atoms with Gasteiger partial charge in [0.25, 0.3) is 0 Å². The second kappa shape index (κ2) is 7.40. The number of unbranched alkanes of at least 4 members (excludes halogenated alkanes) is 1. The average molecular weight is 325 g/mol. The summed E-state index contributed by atoms with van der Waals surface area (Å²) in [5, 5.41) is 12.3. The third-order valence-electron chi connectivity index (χ3n) is 3.02. The molecule has 0 bridgehead atoms. The molecule has 1 aromatic rings. The number of nitriles is 1. The Kier molecular flexibility index (Phi) is 6.17. The maximum atomic E-state index is 8.94. The van der Waals surface area contributed by atoms with Crippen LogP contribution in [0, 0.1) is 16.7 Å². The Morgan fingerprint density at radius 3 is 2.74 bits per heavy atom. The highest BCUT2D eigenvalue weighted by Gasteiger charge is 2.15. The molecule has 4 heteroatoms. The Hall–Kier alpha value is -1.21. The van der Waals surface area contributed by atoms with E-state index in [2.05, 4.69) is 27.3 Å². The van der Waals surface area contributed by atoms with Gasteiger partial charge in [0.1, 0.15) is 5.75 Å². The van der Waals surface area contributed by atoms with Crippen molar-refractivity contribution in [1.82, 2.24) is 0 Å². The maximum Gasteiger partial charge on any atom is 0.121 e. The van der Waals surface area contributed by atoms with Crippen LogP contribution in [0.5, 0.6) is 5.75 Å². The first-order chi connectivity index (χ1) is 8.98. The predicted octanol–water partition coefficient (Wildman–Crippen LogP) is 4.59. The first-order valence-corrected chi connectivity index (χ1v) is 7.26. The van der Waals surface area contributed by atoms with Gasteiger partial charge in [-0.25, -0.2) is 0 Å². The van der Waals surface area contributed by atoms with Crippen molar-refractivity contribution in [3.63, 3.8) is 0 Å². The van der Waals surface area contributed by atoms with Crippen LogP contribution in [0.25, 0.3) is 0 Å². The molecule has 0 aliphatic heterocycles. The number of rotatable bonds is 7. The molecule has 1 rings (SSSR count). The lowest BCUT2D eigenvalue weighted by molar-refractivity contribution is 0.415. The molecule has 0 atom stereocenters. The molecule has 0 heterocycles. The number of ether oxygens (including phenoxy) is 1. The fourth-order valence-corrected chi connectivity index (χ4v) is 2.12. The molecule has 0 aromatic heterocycles. The van der Waals surface area contributed by atoms with Gasteiger partial charge in [0.05, 0.1) is 24.3 Å². The van der Waals surface area contributed by atoms with Gasteiger partial charge in [0.15, 0.2) is 0 Å². The summed E-state index contributed by atoms with van der Waals surface area (Å²) in [7, 11) is 1.66. The van der Waals surface area contributed by atoms with Gasteiger partial charge in [0, 0.05) is 17.1 Å². The average Bonchev–Trinajstić information content (AvgIpc) is 2.40. The highest BCUT2D eigenvalue weighted by molar-refractivity contribution is 9.10. The van der Waals surface area contributed by atoms with E-state index in [9.17, 15) is 0 Å². The lowest BCUT2D eigenvalue weighted by atomic mass is 9.89. The molecule has 19 heavy (non-hydrogen) atoms. The molecule has 104 valence electrons. The van der Waals surface area contributed by atoms with Gasteiger partial charge in [0.2, 0.25) is 0 Å². The van der Waals surface area contributed by atoms with Crippen molar-refractivity contribution in [2.75, 3.05) is 19.0 Å². The highest BCUT2D eigenvalue weighted by atomic mass is 79.9. The largest absolute Gasteiger partial charge is 0.497 e. The van der Waals surface area contributed by atoms with E-state index in [0.29, 0.717) is 0 Å². The van der Waals surface area contributed by atoms with E-state index in [-0.39, 0.29) is 5.41 Å². The normalized spacial score (nSPS) is 10.9. The van der Waals surface area contributed by atoms with Crippen LogP contribution in [0.4, 0.5) is 5.69 Å². The molecule has 1 N–H and O–H groups in total. The number of anilines is 1. The number of nitrogens with one attached hydrogen (secondary N) is 1. The van der Waals surface area contributed by atoms with Crippen molar-refractivity contribution >= 4 is 21.6 Å². The molecule has 0 fully saturated rings. The summed E-state index contributed by atoms with van der Waals surface area (Å²) in [6.45, 7) is 4.87. The Morgan fingerprint density at radius 2 is 2.11 bits per heavy atom. The fraction of sp³-hybridized carbons (Fsp3) is 0.533. The second-order valence-corrected chi connectivity index (χ2v) is 6.08. The van der Waals surface area contributed by atoms with Crippen molar-refractivity contribution < 1.29 is 4.74 Å². The van der Waals surface area contributed by atoms with Gasteiger partial charge in [-0.15, -0.1) is 0 Å². The fourth-order valence-electron chi connectivity index (χ4n) is 1.74. The number of hydrogen-bond acceptors (Lipinski definition) is 3. The molecule has 0 spiro atoms. The number of benzene rings is 1. The van der Waals surface area contributed by atoms with E-state index in [1.165, 1.54) is 0 Å². The minimum Gasteiger partial charge on any atom is -0.497 e. The van der Waals surface area contributed by atoms with Crippen molar-refractivity contribution in [1.29, 1.82) is 5.26 Å². The van der Waals surface area contributed by atoms with Gasteiger partial charge >= 0.3 is 0 Å². The van der Waals surface area contributed by atoms with Crippen LogP contribution < -0.4 is 10.1 Å². The third kappa shape index (κ3) is 5.52. The van der Waals surface area contributed by atoms with Crippen LogP contribution in [0.15, 0.2) is 22.7 Å². The van der Waals surface area contributed by atoms with Crippen LogP contribution in [-0.2, 0) is 0 Å². The molecule has 0 aliphatic rings. The molecule has 3 nitrogen and oxygen atoms in total. The Bertz CT molecular complexity index is 452. The first kappa shape index (κ1) is 15.8. The quantitative estimate of drug-likeness (QED) is 0.746. The molecule has 0 unspecified atom stereocenters. The summed E-state index contributed by atoms with van der Waals surface area (Å²) >= 11 is 3.51. The molecule has 1 aromatic carbocycles. The molecular formula is C15H21BrN2O. The summed E-state index contributed by atoms with van der Waals surface area (Å²) in [6.07, 6.45) is 3.04. The predicted molar refractivity (Wildman–Crippen MR) is 82.4 cm³/mol. The Labute approximate surface area is 124 Å². The van der Waals surface area contributed by atoms with E-state index in [4.69, 9.17) is 10.00 Å². The van der Waals surface area contributed by atoms with E-state index in [1.807, 2.05) is 32.0 Å². The second-order valence-electron chi connectivity index (χ2n) is 5.23. The zero-order valence-electron chi connectivity index (χ0n) is 11.8. The maximum absolute atomic E-state index is 8.94. The smallest absolute Gasteiger partial charge is 0.121 e. The van der Waals surface area contributed by atoms with Crippen LogP contribution >= 0.6 is 15.9 Å². The molecule has 0 radical (unpaired) electrons. The summed E-state index contributed by atoms with van der Waals surface area (Å²) < 4.78 is 6.23. The van der Waals surface area contributed by atoms with Crippen molar-refractivity contribution in [2.24, 2.45) is 5.41 Å².